The number of anilines is 1. The number of hydrogen-bond donors (Lipinski definition) is 2. The zero-order valence-corrected chi connectivity index (χ0v) is 14.0. The average Bonchev–Trinajstić information content (AvgIpc) is 2.85. The molecule has 3 rings (SSSR count). The van der Waals surface area contributed by atoms with Crippen LogP contribution >= 0.6 is 11.6 Å². The van der Waals surface area contributed by atoms with E-state index in [0.29, 0.717) is 5.88 Å². The molecule has 0 aromatic heterocycles. The molecule has 1 aliphatic heterocycles. The summed E-state index contributed by atoms with van der Waals surface area (Å²) in [7, 11) is 0. The Hall–Kier alpha value is -1.45. The molecule has 0 amide bonds. The van der Waals surface area contributed by atoms with Crippen molar-refractivity contribution in [3.05, 3.63) is 35.4 Å². The van der Waals surface area contributed by atoms with E-state index in [4.69, 9.17) is 11.6 Å². The number of fused-ring (bicyclic) bond motifs is 3. The fourth-order valence-electron chi connectivity index (χ4n) is 3.48. The van der Waals surface area contributed by atoms with Gasteiger partial charge >= 0.3 is 0 Å². The molecule has 1 atom stereocenters. The lowest BCUT2D eigenvalue weighted by atomic mass is 9.92. The summed E-state index contributed by atoms with van der Waals surface area (Å²) >= 11 is 6.23. The highest BCUT2D eigenvalue weighted by Gasteiger charge is 2.36. The van der Waals surface area contributed by atoms with E-state index in [2.05, 4.69) is 25.7 Å². The van der Waals surface area contributed by atoms with Crippen LogP contribution in [-0.2, 0) is 6.61 Å². The highest BCUT2D eigenvalue weighted by Crippen LogP contribution is 2.48. The zero-order chi connectivity index (χ0) is 16.1. The van der Waals surface area contributed by atoms with Crippen molar-refractivity contribution >= 4 is 28.1 Å². The Morgan fingerprint density at radius 3 is 2.64 bits per heavy atom. The first-order valence-corrected chi connectivity index (χ1v) is 8.14. The van der Waals surface area contributed by atoms with E-state index in [1.54, 1.807) is 0 Å². The van der Waals surface area contributed by atoms with Crippen LogP contribution in [-0.4, -0.2) is 28.2 Å². The minimum Gasteiger partial charge on any atom is -0.507 e. The highest BCUT2D eigenvalue weighted by atomic mass is 35.5. The van der Waals surface area contributed by atoms with Crippen molar-refractivity contribution in [1.82, 2.24) is 0 Å². The van der Waals surface area contributed by atoms with Crippen molar-refractivity contribution in [3.8, 4) is 5.75 Å². The third-order valence-corrected chi connectivity index (χ3v) is 4.89. The van der Waals surface area contributed by atoms with Gasteiger partial charge in [-0.25, -0.2) is 0 Å². The molecular formula is C18H22ClNO2. The predicted molar refractivity (Wildman–Crippen MR) is 92.1 cm³/mol. The van der Waals surface area contributed by atoms with Gasteiger partial charge in [0.05, 0.1) is 6.61 Å². The van der Waals surface area contributed by atoms with Crippen LogP contribution in [0.15, 0.2) is 24.3 Å². The Bertz CT molecular complexity index is 721. The molecule has 118 valence electrons. The molecule has 0 spiro atoms. The van der Waals surface area contributed by atoms with E-state index in [1.165, 1.54) is 0 Å². The van der Waals surface area contributed by atoms with Gasteiger partial charge < -0.3 is 15.1 Å². The first-order chi connectivity index (χ1) is 10.4. The Morgan fingerprint density at radius 2 is 2.05 bits per heavy atom. The molecule has 0 bridgehead atoms. The standard InChI is InChI=1S/C18H22ClNO2/c1-18(2,3)20-9-12(8-19)17-14(20)7-15(22)13-6-4-5-11(10-21)16(13)17/h4-7,12,21-22H,8-10H2,1-3H3/t12-/m1/s1. The van der Waals surface area contributed by atoms with Gasteiger partial charge in [-0.3, -0.25) is 0 Å². The van der Waals surface area contributed by atoms with Gasteiger partial charge in [0.1, 0.15) is 5.75 Å². The molecule has 2 aromatic rings. The van der Waals surface area contributed by atoms with Crippen molar-refractivity contribution in [2.24, 2.45) is 0 Å². The monoisotopic (exact) mass is 319 g/mol. The van der Waals surface area contributed by atoms with E-state index in [1.807, 2.05) is 24.3 Å². The molecule has 3 nitrogen and oxygen atoms in total. The molecule has 0 aliphatic carbocycles. The SMILES string of the molecule is CC(C)(C)N1C[C@@H](CCl)c2c1cc(O)c1cccc(CO)c21. The molecule has 2 N–H and O–H groups in total. The number of aromatic hydroxyl groups is 1. The number of aliphatic hydroxyl groups is 1. The summed E-state index contributed by atoms with van der Waals surface area (Å²) < 4.78 is 0. The summed E-state index contributed by atoms with van der Waals surface area (Å²) in [6, 6.07) is 7.52. The Labute approximate surface area is 136 Å². The normalized spacial score (nSPS) is 18.0. The Kier molecular flexibility index (Phi) is 3.74. The van der Waals surface area contributed by atoms with Gasteiger partial charge in [0, 0.05) is 41.0 Å². The van der Waals surface area contributed by atoms with E-state index in [9.17, 15) is 10.2 Å². The number of hydrogen-bond acceptors (Lipinski definition) is 3. The van der Waals surface area contributed by atoms with Crippen LogP contribution in [0.5, 0.6) is 5.75 Å². The molecule has 22 heavy (non-hydrogen) atoms. The lowest BCUT2D eigenvalue weighted by molar-refractivity contribution is 0.283. The van der Waals surface area contributed by atoms with Crippen LogP contribution in [0, 0.1) is 0 Å². The highest BCUT2D eigenvalue weighted by molar-refractivity contribution is 6.19. The second-order valence-corrected chi connectivity index (χ2v) is 7.27. The largest absolute Gasteiger partial charge is 0.507 e. The first-order valence-electron chi connectivity index (χ1n) is 7.60. The van der Waals surface area contributed by atoms with Gasteiger partial charge in [-0.2, -0.15) is 0 Å². The number of aliphatic hydroxyl groups excluding tert-OH is 1. The number of halogens is 1. The fraction of sp³-hybridized carbons (Fsp3) is 0.444. The maximum atomic E-state index is 10.5. The van der Waals surface area contributed by atoms with E-state index >= 15 is 0 Å². The third-order valence-electron chi connectivity index (χ3n) is 4.51. The molecule has 0 fully saturated rings. The number of phenolic OH excluding ortho intramolecular Hbond substituents is 1. The van der Waals surface area contributed by atoms with Crippen LogP contribution < -0.4 is 4.90 Å². The Balaban J connectivity index is 2.38. The lowest BCUT2D eigenvalue weighted by Gasteiger charge is -2.35. The number of phenols is 1. The molecule has 1 heterocycles. The van der Waals surface area contributed by atoms with Crippen molar-refractivity contribution in [2.75, 3.05) is 17.3 Å². The molecule has 0 unspecified atom stereocenters. The predicted octanol–water partition coefficient (Wildman–Crippen LogP) is 3.98. The van der Waals surface area contributed by atoms with Gasteiger partial charge in [0.15, 0.2) is 0 Å². The van der Waals surface area contributed by atoms with E-state index in [-0.39, 0.29) is 23.8 Å². The topological polar surface area (TPSA) is 43.7 Å². The van der Waals surface area contributed by atoms with Crippen LogP contribution in [0.2, 0.25) is 0 Å². The quantitative estimate of drug-likeness (QED) is 0.823. The average molecular weight is 320 g/mol. The second-order valence-electron chi connectivity index (χ2n) is 6.96. The summed E-state index contributed by atoms with van der Waals surface area (Å²) in [5.41, 5.74) is 2.98. The summed E-state index contributed by atoms with van der Waals surface area (Å²) in [4.78, 5) is 2.29. The molecule has 0 saturated heterocycles. The lowest BCUT2D eigenvalue weighted by Crippen LogP contribution is -2.40. The maximum Gasteiger partial charge on any atom is 0.125 e. The first kappa shape index (κ1) is 15.4. The minimum atomic E-state index is -0.0518. The maximum absolute atomic E-state index is 10.5. The van der Waals surface area contributed by atoms with Crippen LogP contribution in [0.25, 0.3) is 10.8 Å². The molecule has 4 heteroatoms. The van der Waals surface area contributed by atoms with Gasteiger partial charge in [-0.1, -0.05) is 18.2 Å². The summed E-state index contributed by atoms with van der Waals surface area (Å²) in [6.45, 7) is 7.27. The Morgan fingerprint density at radius 1 is 1.32 bits per heavy atom. The minimum absolute atomic E-state index is 0.0439. The molecular weight excluding hydrogens is 298 g/mol. The van der Waals surface area contributed by atoms with Crippen LogP contribution in [0.3, 0.4) is 0 Å². The van der Waals surface area contributed by atoms with Gasteiger partial charge in [-0.15, -0.1) is 11.6 Å². The third kappa shape index (κ3) is 2.24. The van der Waals surface area contributed by atoms with Crippen LogP contribution in [0.4, 0.5) is 5.69 Å². The van der Waals surface area contributed by atoms with Crippen molar-refractivity contribution in [1.29, 1.82) is 0 Å². The molecule has 1 aliphatic rings. The number of benzene rings is 2. The number of nitrogens with zero attached hydrogens (tertiary/aromatic N) is 1. The second kappa shape index (κ2) is 5.32. The summed E-state index contributed by atoms with van der Waals surface area (Å²) in [6.07, 6.45) is 0. The van der Waals surface area contributed by atoms with Crippen molar-refractivity contribution in [2.45, 2.75) is 38.8 Å². The summed E-state index contributed by atoms with van der Waals surface area (Å²) in [5.74, 6) is 0.986. The van der Waals surface area contributed by atoms with Gasteiger partial charge in [-0.05, 0) is 37.3 Å². The van der Waals surface area contributed by atoms with Crippen molar-refractivity contribution in [3.63, 3.8) is 0 Å². The fourth-order valence-corrected chi connectivity index (χ4v) is 3.74. The van der Waals surface area contributed by atoms with Gasteiger partial charge in [0.25, 0.3) is 0 Å². The molecule has 0 radical (unpaired) electrons. The van der Waals surface area contributed by atoms with Crippen LogP contribution in [0.1, 0.15) is 37.8 Å². The molecule has 0 saturated carbocycles. The number of rotatable bonds is 2. The molecule has 2 aromatic carbocycles. The van der Waals surface area contributed by atoms with Gasteiger partial charge in [0.2, 0.25) is 0 Å². The number of alkyl halides is 1. The smallest absolute Gasteiger partial charge is 0.125 e. The van der Waals surface area contributed by atoms with E-state index in [0.717, 1.165) is 34.1 Å². The van der Waals surface area contributed by atoms with Crippen molar-refractivity contribution < 1.29 is 10.2 Å². The summed E-state index contributed by atoms with van der Waals surface area (Å²) in [5, 5.41) is 21.9. The van der Waals surface area contributed by atoms with E-state index < -0.39 is 0 Å². The zero-order valence-electron chi connectivity index (χ0n) is 13.2.